The van der Waals surface area contributed by atoms with E-state index in [1.54, 1.807) is 7.11 Å². The van der Waals surface area contributed by atoms with Gasteiger partial charge in [0.05, 0.1) is 31.4 Å². The van der Waals surface area contributed by atoms with Gasteiger partial charge < -0.3 is 25.9 Å². The van der Waals surface area contributed by atoms with E-state index in [1.165, 1.54) is 0 Å². The second kappa shape index (κ2) is 8.36. The molecule has 2 aromatic carbocycles. The zero-order chi connectivity index (χ0) is 21.1. The molecule has 0 saturated heterocycles. The van der Waals surface area contributed by atoms with Crippen molar-refractivity contribution in [1.29, 1.82) is 5.41 Å². The molecule has 0 bridgehead atoms. The number of nitrogens with one attached hydrogen (secondary N) is 3. The highest BCUT2D eigenvalue weighted by molar-refractivity contribution is 6.09. The average Bonchev–Trinajstić information content (AvgIpc) is 3.13. The van der Waals surface area contributed by atoms with Gasteiger partial charge in [-0.2, -0.15) is 9.98 Å². The number of benzene rings is 2. The third kappa shape index (κ3) is 4.02. The van der Waals surface area contributed by atoms with Gasteiger partial charge in [0.25, 0.3) is 0 Å². The number of aromatic amines is 1. The maximum absolute atomic E-state index is 9.05. The van der Waals surface area contributed by atoms with E-state index in [2.05, 4.69) is 15.3 Å². The number of fused-ring (bicyclic) bond motifs is 2. The van der Waals surface area contributed by atoms with E-state index in [0.717, 1.165) is 45.0 Å². The standard InChI is InChI=1S/C21H23N7O2/c1-30-14-3-5-17-16(10-14)12(11-25-17)8-19-26-18-9-13(24-6-7-29)2-4-15(18)20(27-19)28-21(22)23/h2-5,9-11,24-25,29H,6-8H2,1H3,(H4,22,23,26,27,28)/p+1. The molecule has 0 unspecified atom stereocenters. The van der Waals surface area contributed by atoms with Crippen molar-refractivity contribution in [3.63, 3.8) is 0 Å². The normalized spacial score (nSPS) is 14.5. The van der Waals surface area contributed by atoms with Gasteiger partial charge in [-0.3, -0.25) is 10.7 Å². The van der Waals surface area contributed by atoms with Crippen LogP contribution in [0.1, 0.15) is 11.1 Å². The molecule has 154 valence electrons. The molecule has 0 amide bonds. The molecule has 9 heteroatoms. The molecule has 3 aromatic rings. The minimum Gasteiger partial charge on any atom is -0.497 e. The number of aliphatic imine (C=N–C) groups is 2. The maximum atomic E-state index is 9.05. The van der Waals surface area contributed by atoms with Crippen LogP contribution in [0.2, 0.25) is 0 Å². The Morgan fingerprint density at radius 1 is 1.33 bits per heavy atom. The van der Waals surface area contributed by atoms with Gasteiger partial charge in [-0.25, -0.2) is 0 Å². The fourth-order valence-electron chi connectivity index (χ4n) is 3.51. The maximum Gasteiger partial charge on any atom is 0.243 e. The molecular weight excluding hydrogens is 382 g/mol. The first-order chi connectivity index (χ1) is 14.6. The Labute approximate surface area is 173 Å². The Hall–Kier alpha value is -3.69. The number of rotatable bonds is 6. The number of aliphatic hydroxyl groups is 1. The number of nitrogens with zero attached hydrogens (tertiary/aromatic N) is 2. The van der Waals surface area contributed by atoms with Gasteiger partial charge in [0, 0.05) is 29.3 Å². The number of nitrogens with two attached hydrogens (primary N) is 2. The minimum atomic E-state index is -0.257. The molecule has 1 aromatic heterocycles. The summed E-state index contributed by atoms with van der Waals surface area (Å²) in [5, 5.41) is 22.7. The molecule has 1 aliphatic rings. The Morgan fingerprint density at radius 2 is 2.20 bits per heavy atom. The molecular formula is C21H24N7O2+. The summed E-state index contributed by atoms with van der Waals surface area (Å²) in [5.74, 6) is 1.95. The van der Waals surface area contributed by atoms with E-state index in [4.69, 9.17) is 26.0 Å². The number of hydrogen-bond acceptors (Lipinski definition) is 5. The van der Waals surface area contributed by atoms with Crippen molar-refractivity contribution in [3.05, 3.63) is 53.7 Å². The summed E-state index contributed by atoms with van der Waals surface area (Å²) in [6.07, 6.45) is 2.55. The molecule has 0 radical (unpaired) electrons. The Morgan fingerprint density at radius 3 is 2.97 bits per heavy atom. The molecule has 0 saturated carbocycles. The van der Waals surface area contributed by atoms with Gasteiger partial charge in [-0.1, -0.05) is 0 Å². The third-order valence-electron chi connectivity index (χ3n) is 4.87. The quantitative estimate of drug-likeness (QED) is 0.268. The number of hydrogen-bond donors (Lipinski definition) is 6. The van der Waals surface area contributed by atoms with Gasteiger partial charge in [-0.05, 0) is 42.0 Å². The molecule has 0 aliphatic carbocycles. The number of anilines is 1. The monoisotopic (exact) mass is 406 g/mol. The van der Waals surface area contributed by atoms with Crippen molar-refractivity contribution in [2.75, 3.05) is 25.6 Å². The fraction of sp³-hybridized carbons (Fsp3) is 0.190. The highest BCUT2D eigenvalue weighted by atomic mass is 16.5. The second-order valence-corrected chi connectivity index (χ2v) is 6.91. The number of H-pyrrole nitrogens is 1. The number of aliphatic hydroxyl groups excluding tert-OH is 1. The number of guanidine groups is 1. The summed E-state index contributed by atoms with van der Waals surface area (Å²) < 4.78 is 5.36. The molecule has 2 heterocycles. The Balaban J connectivity index is 1.71. The van der Waals surface area contributed by atoms with Crippen LogP contribution in [0.15, 0.2) is 52.6 Å². The summed E-state index contributed by atoms with van der Waals surface area (Å²) in [5.41, 5.74) is 10.1. The lowest BCUT2D eigenvalue weighted by atomic mass is 10.1. The number of methoxy groups -OCH3 is 1. The van der Waals surface area contributed by atoms with Crippen LogP contribution in [-0.2, 0) is 6.42 Å². The Bertz CT molecular complexity index is 1160. The van der Waals surface area contributed by atoms with Crippen molar-refractivity contribution in [2.24, 2.45) is 15.7 Å². The predicted octanol–water partition coefficient (Wildman–Crippen LogP) is 1.07. The lowest BCUT2D eigenvalue weighted by molar-refractivity contribution is -0.409. The van der Waals surface area contributed by atoms with Crippen molar-refractivity contribution in [2.45, 2.75) is 6.42 Å². The van der Waals surface area contributed by atoms with Crippen LogP contribution < -0.4 is 21.1 Å². The molecule has 9 nitrogen and oxygen atoms in total. The molecule has 0 spiro atoms. The summed E-state index contributed by atoms with van der Waals surface area (Å²) in [7, 11) is 1.65. The summed E-state index contributed by atoms with van der Waals surface area (Å²) in [6, 6.07) is 11.6. The highest BCUT2D eigenvalue weighted by Gasteiger charge is 2.24. The van der Waals surface area contributed by atoms with E-state index in [1.807, 2.05) is 47.9 Å². The first-order valence-electron chi connectivity index (χ1n) is 9.55. The van der Waals surface area contributed by atoms with Crippen molar-refractivity contribution in [3.8, 4) is 5.75 Å². The van der Waals surface area contributed by atoms with E-state index < -0.39 is 0 Å². The average molecular weight is 406 g/mol. The first kappa shape index (κ1) is 19.6. The van der Waals surface area contributed by atoms with Crippen LogP contribution in [0.4, 0.5) is 11.4 Å². The van der Waals surface area contributed by atoms with Crippen LogP contribution in [0.25, 0.3) is 10.9 Å². The second-order valence-electron chi connectivity index (χ2n) is 6.91. The summed E-state index contributed by atoms with van der Waals surface area (Å²) in [6.45, 7) is 0.494. The summed E-state index contributed by atoms with van der Waals surface area (Å²) in [4.78, 5) is 12.3. The number of quaternary nitrogens is 1. The van der Waals surface area contributed by atoms with Crippen LogP contribution in [-0.4, -0.2) is 48.0 Å². The zero-order valence-electron chi connectivity index (χ0n) is 16.6. The summed E-state index contributed by atoms with van der Waals surface area (Å²) >= 11 is 0. The number of ether oxygens (including phenoxy) is 1. The largest absolute Gasteiger partial charge is 0.497 e. The fourth-order valence-corrected chi connectivity index (χ4v) is 3.51. The third-order valence-corrected chi connectivity index (χ3v) is 4.87. The molecule has 0 fully saturated rings. The minimum absolute atomic E-state index is 0.0421. The van der Waals surface area contributed by atoms with Gasteiger partial charge in [0.15, 0.2) is 0 Å². The SMILES string of the molecule is COc1ccc2[nH]cc(CC3=Nc4cc(NCCO)ccc4C(=NC(=N)N)[NH2+]3)c2c1. The highest BCUT2D eigenvalue weighted by Crippen LogP contribution is 2.27. The van der Waals surface area contributed by atoms with Gasteiger partial charge >= 0.3 is 0 Å². The molecule has 8 N–H and O–H groups in total. The topological polar surface area (TPSA) is 148 Å². The van der Waals surface area contributed by atoms with Gasteiger partial charge in [0.1, 0.15) is 5.75 Å². The van der Waals surface area contributed by atoms with Gasteiger partial charge in [-0.15, -0.1) is 0 Å². The molecule has 4 rings (SSSR count). The lowest BCUT2D eigenvalue weighted by Crippen LogP contribution is -2.93. The molecule has 0 atom stereocenters. The Kier molecular flexibility index (Phi) is 5.46. The number of amidine groups is 2. The molecule has 1 aliphatic heterocycles. The van der Waals surface area contributed by atoms with Gasteiger partial charge in [0.2, 0.25) is 17.6 Å². The smallest absolute Gasteiger partial charge is 0.243 e. The van der Waals surface area contributed by atoms with Crippen LogP contribution >= 0.6 is 0 Å². The van der Waals surface area contributed by atoms with E-state index in [-0.39, 0.29) is 12.6 Å². The van der Waals surface area contributed by atoms with Crippen molar-refractivity contribution >= 4 is 39.9 Å². The number of aromatic nitrogens is 1. The van der Waals surface area contributed by atoms with E-state index in [0.29, 0.717) is 18.8 Å². The van der Waals surface area contributed by atoms with Crippen molar-refractivity contribution in [1.82, 2.24) is 4.98 Å². The van der Waals surface area contributed by atoms with Crippen LogP contribution in [0, 0.1) is 5.41 Å². The lowest BCUT2D eigenvalue weighted by Gasteiger charge is -2.16. The first-order valence-corrected chi connectivity index (χ1v) is 9.55. The van der Waals surface area contributed by atoms with Crippen LogP contribution in [0.3, 0.4) is 0 Å². The van der Waals surface area contributed by atoms with Crippen LogP contribution in [0.5, 0.6) is 5.75 Å². The zero-order valence-corrected chi connectivity index (χ0v) is 16.6. The van der Waals surface area contributed by atoms with Crippen molar-refractivity contribution < 1.29 is 15.2 Å². The molecule has 30 heavy (non-hydrogen) atoms. The van der Waals surface area contributed by atoms with E-state index in [9.17, 15) is 0 Å². The van der Waals surface area contributed by atoms with E-state index >= 15 is 0 Å². The predicted molar refractivity (Wildman–Crippen MR) is 118 cm³/mol.